The molecule has 11 heteroatoms. The standard InChI is InChI=1S/C29H34N6O5/c1-3-38-25-15-20(5-6-24(25)40-14-11-34-9-12-37-13-10-34)26-23-17-35(28(36)39-4-2)8-7-21(23)22(16-30)27(33)29(26,18-31)19-32/h5-7,15,23,26H,3-4,8-14,17,33H2,1-2H3/t23-,26+/m0/s1. The van der Waals surface area contributed by atoms with Crippen molar-refractivity contribution in [2.24, 2.45) is 17.1 Å². The van der Waals surface area contributed by atoms with Crippen LogP contribution in [0.25, 0.3) is 0 Å². The van der Waals surface area contributed by atoms with E-state index in [4.69, 9.17) is 24.7 Å². The second-order valence-corrected chi connectivity index (χ2v) is 9.72. The highest BCUT2D eigenvalue weighted by atomic mass is 16.6. The molecule has 1 aromatic carbocycles. The first-order chi connectivity index (χ1) is 19.4. The summed E-state index contributed by atoms with van der Waals surface area (Å²) >= 11 is 0. The Morgan fingerprint density at radius 3 is 2.52 bits per heavy atom. The molecule has 2 atom stereocenters. The summed E-state index contributed by atoms with van der Waals surface area (Å²) in [5, 5.41) is 30.7. The van der Waals surface area contributed by atoms with Crippen molar-refractivity contribution in [3.05, 3.63) is 46.7 Å². The molecule has 0 radical (unpaired) electrons. The van der Waals surface area contributed by atoms with E-state index in [1.54, 1.807) is 31.2 Å². The van der Waals surface area contributed by atoms with Gasteiger partial charge in [0.1, 0.15) is 12.7 Å². The predicted molar refractivity (Wildman–Crippen MR) is 144 cm³/mol. The first-order valence-electron chi connectivity index (χ1n) is 13.5. The summed E-state index contributed by atoms with van der Waals surface area (Å²) in [4.78, 5) is 16.4. The molecule has 1 fully saturated rings. The minimum absolute atomic E-state index is 0.0825. The Morgan fingerprint density at radius 2 is 1.88 bits per heavy atom. The summed E-state index contributed by atoms with van der Waals surface area (Å²) in [6.07, 6.45) is 1.26. The highest BCUT2D eigenvalue weighted by Gasteiger charge is 2.55. The number of ether oxygens (including phenoxy) is 4. The van der Waals surface area contributed by atoms with Gasteiger partial charge in [-0.05, 0) is 37.1 Å². The van der Waals surface area contributed by atoms with Gasteiger partial charge in [0.05, 0.1) is 49.8 Å². The van der Waals surface area contributed by atoms with Crippen molar-refractivity contribution >= 4 is 6.09 Å². The van der Waals surface area contributed by atoms with Gasteiger partial charge in [-0.25, -0.2) is 4.79 Å². The first kappa shape index (κ1) is 28.8. The number of carbonyl (C=O) groups excluding carboxylic acids is 1. The molecule has 0 aromatic heterocycles. The van der Waals surface area contributed by atoms with Crippen LogP contribution in [-0.4, -0.2) is 81.7 Å². The Labute approximate surface area is 234 Å². The lowest BCUT2D eigenvalue weighted by Crippen LogP contribution is -2.49. The molecular formula is C29H34N6O5. The highest BCUT2D eigenvalue weighted by molar-refractivity contribution is 5.69. The van der Waals surface area contributed by atoms with Gasteiger partial charge in [-0.1, -0.05) is 12.1 Å². The lowest BCUT2D eigenvalue weighted by Gasteiger charge is -2.45. The van der Waals surface area contributed by atoms with Crippen LogP contribution in [0.3, 0.4) is 0 Å². The Bertz CT molecular complexity index is 1280. The van der Waals surface area contributed by atoms with E-state index in [9.17, 15) is 20.6 Å². The van der Waals surface area contributed by atoms with Gasteiger partial charge in [-0.3, -0.25) is 4.90 Å². The van der Waals surface area contributed by atoms with Crippen LogP contribution in [0.15, 0.2) is 41.1 Å². The number of benzene rings is 1. The second kappa shape index (κ2) is 12.7. The van der Waals surface area contributed by atoms with E-state index < -0.39 is 23.3 Å². The molecule has 0 saturated carbocycles. The Hall–Kier alpha value is -4.24. The van der Waals surface area contributed by atoms with Gasteiger partial charge in [-0.2, -0.15) is 15.8 Å². The minimum atomic E-state index is -1.84. The number of carbonyl (C=O) groups is 1. The number of nitrogens with zero attached hydrogens (tertiary/aromatic N) is 5. The van der Waals surface area contributed by atoms with Gasteiger partial charge in [0.25, 0.3) is 0 Å². The van der Waals surface area contributed by atoms with Crippen LogP contribution < -0.4 is 15.2 Å². The SMILES string of the molecule is CCOC(=O)N1CC=C2C(C#N)=C(N)C(C#N)(C#N)[C@H](c3ccc(OCCN4CCOCC4)c(OCC)c3)[C@H]2C1. The van der Waals surface area contributed by atoms with Crippen molar-refractivity contribution in [2.75, 3.05) is 65.8 Å². The van der Waals surface area contributed by atoms with E-state index in [0.29, 0.717) is 49.1 Å². The summed E-state index contributed by atoms with van der Waals surface area (Å²) in [7, 11) is 0. The van der Waals surface area contributed by atoms with Crippen LogP contribution >= 0.6 is 0 Å². The summed E-state index contributed by atoms with van der Waals surface area (Å²) in [6.45, 7) is 8.85. The Balaban J connectivity index is 1.73. The predicted octanol–water partition coefficient (Wildman–Crippen LogP) is 2.68. The highest BCUT2D eigenvalue weighted by Crippen LogP contribution is 2.55. The average Bonchev–Trinajstić information content (AvgIpc) is 2.98. The second-order valence-electron chi connectivity index (χ2n) is 9.72. The monoisotopic (exact) mass is 546 g/mol. The molecule has 11 nitrogen and oxygen atoms in total. The van der Waals surface area contributed by atoms with Crippen LogP contribution in [0.5, 0.6) is 11.5 Å². The fourth-order valence-corrected chi connectivity index (χ4v) is 5.64. The minimum Gasteiger partial charge on any atom is -0.490 e. The number of nitriles is 3. The normalized spacial score (nSPS) is 22.2. The van der Waals surface area contributed by atoms with Crippen LogP contribution in [0.1, 0.15) is 25.3 Å². The maximum atomic E-state index is 12.6. The third kappa shape index (κ3) is 5.42. The molecule has 2 aliphatic heterocycles. The molecule has 1 saturated heterocycles. The van der Waals surface area contributed by atoms with Crippen molar-refractivity contribution in [1.82, 2.24) is 9.80 Å². The van der Waals surface area contributed by atoms with Crippen molar-refractivity contribution in [3.63, 3.8) is 0 Å². The molecule has 2 N–H and O–H groups in total. The van der Waals surface area contributed by atoms with Gasteiger partial charge >= 0.3 is 6.09 Å². The fourth-order valence-electron chi connectivity index (χ4n) is 5.64. The molecule has 4 rings (SSSR count). The average molecular weight is 547 g/mol. The van der Waals surface area contributed by atoms with Gasteiger partial charge in [0, 0.05) is 44.6 Å². The summed E-state index contributed by atoms with van der Waals surface area (Å²) in [5.41, 5.74) is 5.86. The summed E-state index contributed by atoms with van der Waals surface area (Å²) < 4.78 is 22.6. The number of hydrogen-bond donors (Lipinski definition) is 1. The van der Waals surface area contributed by atoms with Gasteiger partial charge in [0.2, 0.25) is 0 Å². The van der Waals surface area contributed by atoms with Crippen LogP contribution in [0, 0.1) is 45.3 Å². The third-order valence-corrected chi connectivity index (χ3v) is 7.59. The number of hydrogen-bond acceptors (Lipinski definition) is 10. The van der Waals surface area contributed by atoms with Crippen LogP contribution in [0.4, 0.5) is 4.79 Å². The number of allylic oxidation sites excluding steroid dienone is 2. The van der Waals surface area contributed by atoms with E-state index in [1.165, 1.54) is 4.90 Å². The quantitative estimate of drug-likeness (QED) is 0.514. The topological polar surface area (TPSA) is 158 Å². The molecule has 0 bridgehead atoms. The van der Waals surface area contributed by atoms with Crippen molar-refractivity contribution in [2.45, 2.75) is 19.8 Å². The zero-order valence-corrected chi connectivity index (χ0v) is 22.9. The Morgan fingerprint density at radius 1 is 1.12 bits per heavy atom. The van der Waals surface area contributed by atoms with Gasteiger partial charge in [0.15, 0.2) is 16.9 Å². The van der Waals surface area contributed by atoms with Crippen molar-refractivity contribution < 1.29 is 23.7 Å². The smallest absolute Gasteiger partial charge is 0.410 e. The molecule has 1 aliphatic carbocycles. The van der Waals surface area contributed by atoms with E-state index >= 15 is 0 Å². The lowest BCUT2D eigenvalue weighted by atomic mass is 9.58. The number of rotatable bonds is 8. The third-order valence-electron chi connectivity index (χ3n) is 7.59. The number of morpholine rings is 1. The molecule has 40 heavy (non-hydrogen) atoms. The molecule has 210 valence electrons. The summed E-state index contributed by atoms with van der Waals surface area (Å²) in [5.74, 6) is -0.321. The van der Waals surface area contributed by atoms with E-state index in [1.807, 2.05) is 6.92 Å². The van der Waals surface area contributed by atoms with Crippen molar-refractivity contribution in [3.8, 4) is 29.7 Å². The maximum Gasteiger partial charge on any atom is 0.410 e. The summed E-state index contributed by atoms with van der Waals surface area (Å²) in [6, 6.07) is 11.7. The van der Waals surface area contributed by atoms with Crippen LogP contribution in [-0.2, 0) is 9.47 Å². The lowest BCUT2D eigenvalue weighted by molar-refractivity contribution is 0.0321. The number of fused-ring (bicyclic) bond motifs is 1. The molecule has 1 amide bonds. The molecule has 3 aliphatic rings. The molecular weight excluding hydrogens is 512 g/mol. The van der Waals surface area contributed by atoms with E-state index in [2.05, 4.69) is 23.1 Å². The zero-order chi connectivity index (χ0) is 28.7. The van der Waals surface area contributed by atoms with Crippen LogP contribution in [0.2, 0.25) is 0 Å². The number of amides is 1. The first-order valence-corrected chi connectivity index (χ1v) is 13.5. The van der Waals surface area contributed by atoms with E-state index in [-0.39, 0.29) is 31.0 Å². The maximum absolute atomic E-state index is 12.6. The van der Waals surface area contributed by atoms with Gasteiger partial charge in [-0.15, -0.1) is 0 Å². The van der Waals surface area contributed by atoms with Crippen molar-refractivity contribution in [1.29, 1.82) is 15.8 Å². The number of nitrogens with two attached hydrogens (primary N) is 1. The van der Waals surface area contributed by atoms with Gasteiger partial charge < -0.3 is 29.6 Å². The largest absolute Gasteiger partial charge is 0.490 e. The molecule has 0 unspecified atom stereocenters. The molecule has 2 heterocycles. The zero-order valence-electron chi connectivity index (χ0n) is 22.9. The van der Waals surface area contributed by atoms with E-state index in [0.717, 1.165) is 19.6 Å². The Kier molecular flexibility index (Phi) is 9.16. The fraction of sp³-hybridized carbons (Fsp3) is 0.517. The molecule has 1 aromatic rings. The molecule has 0 spiro atoms.